The number of carbonyl (C=O) groups is 3. The number of hydrogen-bond donors (Lipinski definition) is 3. The van der Waals surface area contributed by atoms with Gasteiger partial charge in [0.05, 0.1) is 16.9 Å². The highest BCUT2D eigenvalue weighted by Gasteiger charge is 2.27. The number of rotatable bonds is 7. The number of hydrogen-bond acceptors (Lipinski definition) is 4. The number of carboxylic acids is 1. The zero-order valence-electron chi connectivity index (χ0n) is 14.5. The van der Waals surface area contributed by atoms with E-state index in [1.807, 2.05) is 0 Å². The Bertz CT molecular complexity index is 645. The zero-order chi connectivity index (χ0) is 19.1. The van der Waals surface area contributed by atoms with Crippen LogP contribution >= 0.6 is 11.8 Å². The van der Waals surface area contributed by atoms with E-state index in [-0.39, 0.29) is 35.3 Å². The van der Waals surface area contributed by atoms with Crippen molar-refractivity contribution in [2.45, 2.75) is 43.9 Å². The molecule has 142 valence electrons. The number of carbonyl (C=O) groups excluding carboxylic acids is 2. The van der Waals surface area contributed by atoms with Crippen molar-refractivity contribution in [2.75, 3.05) is 11.1 Å². The highest BCUT2D eigenvalue weighted by atomic mass is 32.2. The van der Waals surface area contributed by atoms with Crippen LogP contribution in [0.2, 0.25) is 0 Å². The Balaban J connectivity index is 1.69. The molecule has 1 atom stereocenters. The Morgan fingerprint density at radius 3 is 2.38 bits per heavy atom. The van der Waals surface area contributed by atoms with E-state index in [9.17, 15) is 18.8 Å². The zero-order valence-corrected chi connectivity index (χ0v) is 15.4. The van der Waals surface area contributed by atoms with Gasteiger partial charge in [0.15, 0.2) is 0 Å². The van der Waals surface area contributed by atoms with Crippen LogP contribution in [0, 0.1) is 11.7 Å². The van der Waals surface area contributed by atoms with E-state index in [0.717, 1.165) is 0 Å². The fourth-order valence-electron chi connectivity index (χ4n) is 2.81. The maximum absolute atomic E-state index is 12.8. The third-order valence-corrected chi connectivity index (χ3v) is 5.53. The first-order valence-corrected chi connectivity index (χ1v) is 9.60. The number of thioether (sulfide) groups is 1. The van der Waals surface area contributed by atoms with Gasteiger partial charge >= 0.3 is 5.97 Å². The average molecular weight is 382 g/mol. The van der Waals surface area contributed by atoms with E-state index in [0.29, 0.717) is 31.4 Å². The number of halogens is 1. The smallest absolute Gasteiger partial charge is 0.306 e. The number of amides is 2. The van der Waals surface area contributed by atoms with Gasteiger partial charge in [-0.25, -0.2) is 4.39 Å². The molecule has 1 saturated carbocycles. The van der Waals surface area contributed by atoms with Gasteiger partial charge in [-0.1, -0.05) is 0 Å². The summed E-state index contributed by atoms with van der Waals surface area (Å²) in [7, 11) is 0. The van der Waals surface area contributed by atoms with E-state index < -0.39 is 11.2 Å². The first-order chi connectivity index (χ1) is 12.3. The van der Waals surface area contributed by atoms with Gasteiger partial charge in [-0.15, -0.1) is 11.8 Å². The summed E-state index contributed by atoms with van der Waals surface area (Å²) in [6, 6.07) is 5.47. The summed E-state index contributed by atoms with van der Waals surface area (Å²) in [6.45, 7) is 1.73. The van der Waals surface area contributed by atoms with Crippen LogP contribution in [0.4, 0.5) is 10.1 Å². The first kappa shape index (κ1) is 20.2. The molecule has 0 bridgehead atoms. The predicted molar refractivity (Wildman–Crippen MR) is 98.5 cm³/mol. The number of carboxylic acid groups (broad SMARTS) is 1. The quantitative estimate of drug-likeness (QED) is 0.674. The Labute approximate surface area is 155 Å². The molecule has 3 N–H and O–H groups in total. The van der Waals surface area contributed by atoms with Crippen molar-refractivity contribution in [1.82, 2.24) is 5.32 Å². The molecule has 1 aliphatic carbocycles. The average Bonchev–Trinajstić information content (AvgIpc) is 2.62. The van der Waals surface area contributed by atoms with Crippen molar-refractivity contribution in [3.8, 4) is 0 Å². The van der Waals surface area contributed by atoms with E-state index >= 15 is 0 Å². The van der Waals surface area contributed by atoms with Crippen LogP contribution in [0.15, 0.2) is 24.3 Å². The van der Waals surface area contributed by atoms with Gasteiger partial charge in [-0.05, 0) is 56.9 Å². The SMILES string of the molecule is CC(SCC(=O)Nc1ccc(F)cc1)C(=O)NC1CCC(C(=O)O)CC1. The lowest BCUT2D eigenvalue weighted by Crippen LogP contribution is -2.42. The van der Waals surface area contributed by atoms with Gasteiger partial charge in [0.25, 0.3) is 0 Å². The lowest BCUT2D eigenvalue weighted by Gasteiger charge is -2.27. The molecule has 1 fully saturated rings. The topological polar surface area (TPSA) is 95.5 Å². The molecule has 1 unspecified atom stereocenters. The monoisotopic (exact) mass is 382 g/mol. The molecule has 0 heterocycles. The van der Waals surface area contributed by atoms with E-state index in [1.54, 1.807) is 6.92 Å². The molecule has 0 aromatic heterocycles. The lowest BCUT2D eigenvalue weighted by molar-refractivity contribution is -0.142. The summed E-state index contributed by atoms with van der Waals surface area (Å²) in [6.07, 6.45) is 2.46. The highest BCUT2D eigenvalue weighted by Crippen LogP contribution is 2.25. The largest absolute Gasteiger partial charge is 0.481 e. The molecule has 2 rings (SSSR count). The van der Waals surface area contributed by atoms with E-state index in [1.165, 1.54) is 36.0 Å². The fraction of sp³-hybridized carbons (Fsp3) is 0.500. The van der Waals surface area contributed by atoms with Crippen LogP contribution in [0.25, 0.3) is 0 Å². The fourth-order valence-corrected chi connectivity index (χ4v) is 3.50. The molecular formula is C18H23FN2O4S. The van der Waals surface area contributed by atoms with Gasteiger partial charge in [-0.3, -0.25) is 14.4 Å². The second-order valence-electron chi connectivity index (χ2n) is 6.40. The van der Waals surface area contributed by atoms with Gasteiger partial charge in [-0.2, -0.15) is 0 Å². The third-order valence-electron chi connectivity index (χ3n) is 4.38. The van der Waals surface area contributed by atoms with Crippen LogP contribution in [0.1, 0.15) is 32.6 Å². The lowest BCUT2D eigenvalue weighted by atomic mass is 9.86. The van der Waals surface area contributed by atoms with Crippen molar-refractivity contribution >= 4 is 35.2 Å². The van der Waals surface area contributed by atoms with Crippen LogP contribution in [0.5, 0.6) is 0 Å². The van der Waals surface area contributed by atoms with Crippen LogP contribution in [-0.4, -0.2) is 39.9 Å². The van der Waals surface area contributed by atoms with E-state index in [2.05, 4.69) is 10.6 Å². The Morgan fingerprint density at radius 1 is 1.19 bits per heavy atom. The second-order valence-corrected chi connectivity index (χ2v) is 7.73. The molecular weight excluding hydrogens is 359 g/mol. The molecule has 26 heavy (non-hydrogen) atoms. The van der Waals surface area contributed by atoms with E-state index in [4.69, 9.17) is 5.11 Å². The maximum Gasteiger partial charge on any atom is 0.306 e. The second kappa shape index (κ2) is 9.56. The van der Waals surface area contributed by atoms with Crippen LogP contribution in [0.3, 0.4) is 0 Å². The molecule has 0 radical (unpaired) electrons. The minimum absolute atomic E-state index is 0.00538. The van der Waals surface area contributed by atoms with Gasteiger partial charge in [0.2, 0.25) is 11.8 Å². The van der Waals surface area contributed by atoms with Gasteiger partial charge < -0.3 is 15.7 Å². The van der Waals surface area contributed by atoms with Crippen LogP contribution < -0.4 is 10.6 Å². The minimum Gasteiger partial charge on any atom is -0.481 e. The van der Waals surface area contributed by atoms with Crippen molar-refractivity contribution in [2.24, 2.45) is 5.92 Å². The number of anilines is 1. The van der Waals surface area contributed by atoms with Crippen molar-refractivity contribution in [3.63, 3.8) is 0 Å². The van der Waals surface area contributed by atoms with Crippen molar-refractivity contribution in [1.29, 1.82) is 0 Å². The highest BCUT2D eigenvalue weighted by molar-refractivity contribution is 8.01. The molecule has 1 aromatic rings. The molecule has 6 nitrogen and oxygen atoms in total. The number of aliphatic carboxylic acids is 1. The Hall–Kier alpha value is -2.09. The summed E-state index contributed by atoms with van der Waals surface area (Å²) in [5.41, 5.74) is 0.504. The molecule has 1 aromatic carbocycles. The summed E-state index contributed by atoms with van der Waals surface area (Å²) in [4.78, 5) is 35.1. The third kappa shape index (κ3) is 6.33. The predicted octanol–water partition coefficient (Wildman–Crippen LogP) is 2.65. The first-order valence-electron chi connectivity index (χ1n) is 8.55. The molecule has 2 amide bonds. The molecule has 0 aliphatic heterocycles. The van der Waals surface area contributed by atoms with Gasteiger partial charge in [0, 0.05) is 11.7 Å². The summed E-state index contributed by atoms with van der Waals surface area (Å²) in [5, 5.41) is 14.2. The summed E-state index contributed by atoms with van der Waals surface area (Å²) >= 11 is 1.22. The molecule has 8 heteroatoms. The van der Waals surface area contributed by atoms with Crippen molar-refractivity contribution < 1.29 is 23.9 Å². The standard InChI is InChI=1S/C18H23FN2O4S/c1-11(17(23)21-15-6-2-12(3-7-15)18(24)25)26-10-16(22)20-14-8-4-13(19)5-9-14/h4-5,8-9,11-12,15H,2-3,6-7,10H2,1H3,(H,20,22)(H,21,23)(H,24,25). The Morgan fingerprint density at radius 2 is 1.81 bits per heavy atom. The Kier molecular flexibility index (Phi) is 7.44. The summed E-state index contributed by atoms with van der Waals surface area (Å²) in [5.74, 6) is -1.76. The van der Waals surface area contributed by atoms with Gasteiger partial charge in [0.1, 0.15) is 5.82 Å². The number of nitrogens with one attached hydrogen (secondary N) is 2. The molecule has 1 aliphatic rings. The number of benzene rings is 1. The van der Waals surface area contributed by atoms with Crippen LogP contribution in [-0.2, 0) is 14.4 Å². The maximum atomic E-state index is 12.8. The minimum atomic E-state index is -0.772. The molecule has 0 saturated heterocycles. The summed E-state index contributed by atoms with van der Waals surface area (Å²) < 4.78 is 12.8. The molecule has 0 spiro atoms. The normalized spacial score (nSPS) is 20.8. The van der Waals surface area contributed by atoms with Crippen molar-refractivity contribution in [3.05, 3.63) is 30.1 Å².